The molecular formula is C21H14N2. The van der Waals surface area contributed by atoms with Gasteiger partial charge in [0.25, 0.3) is 0 Å². The van der Waals surface area contributed by atoms with Gasteiger partial charge < -0.3 is 5.32 Å². The molecule has 0 amide bonds. The Labute approximate surface area is 134 Å². The molecule has 0 bridgehead atoms. The number of benzene rings is 3. The van der Waals surface area contributed by atoms with Crippen molar-refractivity contribution in [2.75, 3.05) is 5.32 Å². The zero-order valence-corrected chi connectivity index (χ0v) is 12.5. The van der Waals surface area contributed by atoms with Gasteiger partial charge in [-0.1, -0.05) is 60.7 Å². The first kappa shape index (κ1) is 12.4. The highest BCUT2D eigenvalue weighted by molar-refractivity contribution is 6.10. The van der Waals surface area contributed by atoms with Gasteiger partial charge in [0.05, 0.1) is 11.4 Å². The number of nitrogens with zero attached hydrogens (tertiary/aromatic N) is 1. The van der Waals surface area contributed by atoms with Gasteiger partial charge in [0.1, 0.15) is 0 Å². The van der Waals surface area contributed by atoms with E-state index in [-0.39, 0.29) is 0 Å². The lowest BCUT2D eigenvalue weighted by Gasteiger charge is -2.22. The van der Waals surface area contributed by atoms with Gasteiger partial charge in [-0.2, -0.15) is 0 Å². The van der Waals surface area contributed by atoms with Crippen LogP contribution >= 0.6 is 0 Å². The molecule has 108 valence electrons. The predicted octanol–water partition coefficient (Wildman–Crippen LogP) is 5.63. The Kier molecular flexibility index (Phi) is 2.53. The Morgan fingerprint density at radius 1 is 0.696 bits per heavy atom. The highest BCUT2D eigenvalue weighted by Crippen LogP contribution is 2.43. The fraction of sp³-hybridized carbons (Fsp3) is 0. The molecule has 0 spiro atoms. The first-order valence-electron chi connectivity index (χ1n) is 7.76. The summed E-state index contributed by atoms with van der Waals surface area (Å²) in [7, 11) is 0. The van der Waals surface area contributed by atoms with E-state index in [2.05, 4.69) is 78.1 Å². The molecule has 2 heteroatoms. The highest BCUT2D eigenvalue weighted by Gasteiger charge is 2.19. The van der Waals surface area contributed by atoms with E-state index < -0.39 is 0 Å². The molecule has 0 atom stereocenters. The van der Waals surface area contributed by atoms with Gasteiger partial charge in [-0.25, -0.2) is 4.98 Å². The van der Waals surface area contributed by atoms with Crippen molar-refractivity contribution in [3.63, 3.8) is 0 Å². The van der Waals surface area contributed by atoms with Crippen LogP contribution in [0.4, 0.5) is 11.4 Å². The van der Waals surface area contributed by atoms with E-state index in [4.69, 9.17) is 4.98 Å². The third kappa shape index (κ3) is 1.85. The number of nitrogens with one attached hydrogen (secondary N) is 1. The standard InChI is InChI=1S/C21H14N2/c1-2-7-14(8-3-1)19-13-15-9-6-12-18-20(15)21(23-19)16-10-4-5-11-17(16)22-18/h1-13,22H. The highest BCUT2D eigenvalue weighted by atomic mass is 14.9. The molecule has 0 aliphatic carbocycles. The Balaban J connectivity index is 1.89. The van der Waals surface area contributed by atoms with Gasteiger partial charge in [-0.05, 0) is 23.6 Å². The van der Waals surface area contributed by atoms with E-state index in [1.165, 1.54) is 10.8 Å². The van der Waals surface area contributed by atoms with Crippen molar-refractivity contribution in [1.82, 2.24) is 4.98 Å². The number of rotatable bonds is 1. The van der Waals surface area contributed by atoms with Crippen molar-refractivity contribution in [2.24, 2.45) is 0 Å². The van der Waals surface area contributed by atoms with Crippen LogP contribution in [0.25, 0.3) is 33.3 Å². The molecule has 4 aromatic rings. The molecule has 5 rings (SSSR count). The van der Waals surface area contributed by atoms with Crippen molar-refractivity contribution in [3.8, 4) is 22.5 Å². The summed E-state index contributed by atoms with van der Waals surface area (Å²) in [5.74, 6) is 0. The minimum Gasteiger partial charge on any atom is -0.354 e. The summed E-state index contributed by atoms with van der Waals surface area (Å²) in [5, 5.41) is 5.94. The van der Waals surface area contributed by atoms with Crippen LogP contribution in [0.3, 0.4) is 0 Å². The number of hydrogen-bond acceptors (Lipinski definition) is 2. The van der Waals surface area contributed by atoms with Crippen LogP contribution in [0, 0.1) is 0 Å². The summed E-state index contributed by atoms with van der Waals surface area (Å²) in [4.78, 5) is 5.00. The first-order chi connectivity index (χ1) is 11.4. The molecular weight excluding hydrogens is 280 g/mol. The fourth-order valence-electron chi connectivity index (χ4n) is 3.31. The van der Waals surface area contributed by atoms with Gasteiger partial charge >= 0.3 is 0 Å². The van der Waals surface area contributed by atoms with Gasteiger partial charge in [-0.3, -0.25) is 0 Å². The van der Waals surface area contributed by atoms with E-state index in [1.807, 2.05) is 6.07 Å². The summed E-state index contributed by atoms with van der Waals surface area (Å²) < 4.78 is 0. The lowest BCUT2D eigenvalue weighted by atomic mass is 9.95. The normalized spacial score (nSPS) is 11.8. The summed E-state index contributed by atoms with van der Waals surface area (Å²) in [6.07, 6.45) is 0. The molecule has 23 heavy (non-hydrogen) atoms. The molecule has 2 nitrogen and oxygen atoms in total. The monoisotopic (exact) mass is 294 g/mol. The maximum Gasteiger partial charge on any atom is 0.0829 e. The van der Waals surface area contributed by atoms with E-state index in [0.29, 0.717) is 0 Å². The molecule has 2 heterocycles. The van der Waals surface area contributed by atoms with Crippen molar-refractivity contribution in [1.29, 1.82) is 0 Å². The quantitative estimate of drug-likeness (QED) is 0.433. The number of hydrogen-bond donors (Lipinski definition) is 1. The molecule has 1 aromatic heterocycles. The van der Waals surface area contributed by atoms with Crippen LogP contribution in [0.1, 0.15) is 0 Å². The maximum atomic E-state index is 5.00. The Hall–Kier alpha value is -3.13. The molecule has 3 aromatic carbocycles. The molecule has 0 unspecified atom stereocenters. The molecule has 0 saturated heterocycles. The Morgan fingerprint density at radius 2 is 1.48 bits per heavy atom. The zero-order valence-electron chi connectivity index (χ0n) is 12.5. The molecule has 1 aliphatic rings. The molecule has 0 fully saturated rings. The number of aromatic nitrogens is 1. The Morgan fingerprint density at radius 3 is 2.39 bits per heavy atom. The van der Waals surface area contributed by atoms with E-state index >= 15 is 0 Å². The fourth-order valence-corrected chi connectivity index (χ4v) is 3.31. The smallest absolute Gasteiger partial charge is 0.0829 e. The number of anilines is 2. The van der Waals surface area contributed by atoms with Crippen LogP contribution in [0.5, 0.6) is 0 Å². The SMILES string of the molecule is c1ccc(-c2cc3cccc4c3c(n2)-c2ccccc2N4)cc1. The second-order valence-electron chi connectivity index (χ2n) is 5.80. The Bertz CT molecular complexity index is 1040. The lowest BCUT2D eigenvalue weighted by molar-refractivity contribution is 1.34. The van der Waals surface area contributed by atoms with E-state index in [9.17, 15) is 0 Å². The molecule has 0 saturated carbocycles. The average molecular weight is 294 g/mol. The zero-order chi connectivity index (χ0) is 15.2. The maximum absolute atomic E-state index is 5.00. The van der Waals surface area contributed by atoms with Crippen LogP contribution in [-0.4, -0.2) is 4.98 Å². The largest absolute Gasteiger partial charge is 0.354 e. The van der Waals surface area contributed by atoms with Crippen molar-refractivity contribution < 1.29 is 0 Å². The second kappa shape index (κ2) is 4.68. The third-order valence-corrected chi connectivity index (χ3v) is 4.38. The van der Waals surface area contributed by atoms with Crippen molar-refractivity contribution >= 4 is 22.1 Å². The van der Waals surface area contributed by atoms with Gasteiger partial charge in [0.15, 0.2) is 0 Å². The summed E-state index contributed by atoms with van der Waals surface area (Å²) in [5.41, 5.74) is 6.63. The average Bonchev–Trinajstić information content (AvgIpc) is 2.62. The number of pyridine rings is 1. The van der Waals surface area contributed by atoms with E-state index in [0.717, 1.165) is 33.9 Å². The number of para-hydroxylation sites is 1. The lowest BCUT2D eigenvalue weighted by Crippen LogP contribution is -2.03. The van der Waals surface area contributed by atoms with Gasteiger partial charge in [0, 0.05) is 27.9 Å². The van der Waals surface area contributed by atoms with E-state index in [1.54, 1.807) is 0 Å². The summed E-state index contributed by atoms with van der Waals surface area (Å²) in [6.45, 7) is 0. The minimum absolute atomic E-state index is 1.02. The predicted molar refractivity (Wildman–Crippen MR) is 95.9 cm³/mol. The first-order valence-corrected chi connectivity index (χ1v) is 7.76. The molecule has 0 radical (unpaired) electrons. The van der Waals surface area contributed by atoms with Crippen LogP contribution in [0.2, 0.25) is 0 Å². The second-order valence-corrected chi connectivity index (χ2v) is 5.80. The topological polar surface area (TPSA) is 24.9 Å². The van der Waals surface area contributed by atoms with Crippen molar-refractivity contribution in [2.45, 2.75) is 0 Å². The number of fused-ring (bicyclic) bond motifs is 2. The third-order valence-electron chi connectivity index (χ3n) is 4.38. The summed E-state index contributed by atoms with van der Waals surface area (Å²) in [6, 6.07) is 27.3. The van der Waals surface area contributed by atoms with Crippen molar-refractivity contribution in [3.05, 3.63) is 78.9 Å². The van der Waals surface area contributed by atoms with Gasteiger partial charge in [-0.15, -0.1) is 0 Å². The summed E-state index contributed by atoms with van der Waals surface area (Å²) >= 11 is 0. The molecule has 1 N–H and O–H groups in total. The minimum atomic E-state index is 1.02. The van der Waals surface area contributed by atoms with Gasteiger partial charge in [0.2, 0.25) is 0 Å². The van der Waals surface area contributed by atoms with Crippen LogP contribution < -0.4 is 5.32 Å². The van der Waals surface area contributed by atoms with Crippen LogP contribution in [-0.2, 0) is 0 Å². The van der Waals surface area contributed by atoms with Crippen LogP contribution in [0.15, 0.2) is 78.9 Å². The molecule has 1 aliphatic heterocycles.